The second kappa shape index (κ2) is 5.01. The van der Waals surface area contributed by atoms with Crippen LogP contribution in [0.4, 0.5) is 8.78 Å². The molecule has 2 aromatic rings. The maximum atomic E-state index is 13.4. The summed E-state index contributed by atoms with van der Waals surface area (Å²) >= 11 is 0. The molecule has 0 aliphatic heterocycles. The Bertz CT molecular complexity index is 649. The molecule has 1 aromatic heterocycles. The van der Waals surface area contributed by atoms with Gasteiger partial charge in [-0.25, -0.2) is 13.6 Å². The summed E-state index contributed by atoms with van der Waals surface area (Å²) < 4.78 is 26.4. The van der Waals surface area contributed by atoms with Crippen molar-refractivity contribution in [3.05, 3.63) is 58.9 Å². The van der Waals surface area contributed by atoms with E-state index in [-0.39, 0.29) is 17.7 Å². The van der Waals surface area contributed by atoms with Crippen LogP contribution >= 0.6 is 0 Å². The van der Waals surface area contributed by atoms with Crippen LogP contribution in [0.3, 0.4) is 0 Å². The fraction of sp³-hybridized carbons (Fsp3) is 0.0769. The van der Waals surface area contributed by atoms with Gasteiger partial charge in [-0.05, 0) is 23.8 Å². The van der Waals surface area contributed by atoms with Crippen molar-refractivity contribution in [3.63, 3.8) is 0 Å². The molecule has 0 aliphatic rings. The van der Waals surface area contributed by atoms with Gasteiger partial charge >= 0.3 is 5.97 Å². The number of aromatic nitrogens is 1. The summed E-state index contributed by atoms with van der Waals surface area (Å²) in [6, 6.07) is 4.62. The number of hydrogen-bond donors (Lipinski definition) is 2. The Balaban J connectivity index is 2.21. The van der Waals surface area contributed by atoms with Gasteiger partial charge in [-0.15, -0.1) is 0 Å². The predicted octanol–water partition coefficient (Wildman–Crippen LogP) is 2.42. The molecule has 0 amide bonds. The van der Waals surface area contributed by atoms with Crippen LogP contribution in [0, 0.1) is 11.6 Å². The van der Waals surface area contributed by atoms with Crippen molar-refractivity contribution in [2.45, 2.75) is 6.42 Å². The lowest BCUT2D eigenvalue weighted by molar-refractivity contribution is 0.0691. The van der Waals surface area contributed by atoms with E-state index in [0.717, 1.165) is 6.07 Å². The van der Waals surface area contributed by atoms with Crippen molar-refractivity contribution in [2.75, 3.05) is 0 Å². The lowest BCUT2D eigenvalue weighted by atomic mass is 10.0. The Morgan fingerprint density at radius 1 is 1.26 bits per heavy atom. The first-order chi connectivity index (χ1) is 8.99. The highest BCUT2D eigenvalue weighted by atomic mass is 19.2. The standard InChI is InChI=1S/C13H9F2NO3/c14-9-3-1-2-8(12(9)15)11(17)5-7-4-10(13(18)19)16-6-7/h1-4,6,16H,5H2,(H,18,19). The number of H-pyrrole nitrogens is 1. The second-order valence-electron chi connectivity index (χ2n) is 3.93. The van der Waals surface area contributed by atoms with Gasteiger partial charge in [-0.2, -0.15) is 0 Å². The van der Waals surface area contributed by atoms with E-state index in [2.05, 4.69) is 4.98 Å². The number of rotatable bonds is 4. The Morgan fingerprint density at radius 2 is 2.00 bits per heavy atom. The number of carboxylic acid groups (broad SMARTS) is 1. The first kappa shape index (κ1) is 12.9. The van der Waals surface area contributed by atoms with E-state index >= 15 is 0 Å². The topological polar surface area (TPSA) is 70.2 Å². The van der Waals surface area contributed by atoms with Crippen LogP contribution in [-0.2, 0) is 6.42 Å². The molecule has 1 aromatic carbocycles. The predicted molar refractivity (Wildman–Crippen MR) is 62.1 cm³/mol. The number of halogens is 2. The number of hydrogen-bond acceptors (Lipinski definition) is 2. The van der Waals surface area contributed by atoms with Crippen molar-refractivity contribution in [2.24, 2.45) is 0 Å². The quantitative estimate of drug-likeness (QED) is 0.834. The largest absolute Gasteiger partial charge is 0.477 e. The van der Waals surface area contributed by atoms with E-state index in [1.807, 2.05) is 0 Å². The molecule has 0 fully saturated rings. The van der Waals surface area contributed by atoms with Crippen LogP contribution in [0.25, 0.3) is 0 Å². The highest BCUT2D eigenvalue weighted by Gasteiger charge is 2.16. The van der Waals surface area contributed by atoms with Gasteiger partial charge in [0.15, 0.2) is 17.4 Å². The van der Waals surface area contributed by atoms with Gasteiger partial charge in [0, 0.05) is 12.6 Å². The summed E-state index contributed by atoms with van der Waals surface area (Å²) in [4.78, 5) is 24.9. The zero-order valence-electron chi connectivity index (χ0n) is 9.61. The molecule has 0 bridgehead atoms. The molecule has 98 valence electrons. The van der Waals surface area contributed by atoms with Crippen molar-refractivity contribution >= 4 is 11.8 Å². The van der Waals surface area contributed by atoms with Gasteiger partial charge < -0.3 is 10.1 Å². The SMILES string of the molecule is O=C(O)c1cc(CC(=O)c2cccc(F)c2F)c[nH]1. The average Bonchev–Trinajstić information content (AvgIpc) is 2.81. The first-order valence-corrected chi connectivity index (χ1v) is 5.37. The third-order valence-corrected chi connectivity index (χ3v) is 2.59. The van der Waals surface area contributed by atoms with Crippen LogP contribution in [0.15, 0.2) is 30.5 Å². The van der Waals surface area contributed by atoms with Gasteiger partial charge in [-0.3, -0.25) is 4.79 Å². The number of carbonyl (C=O) groups excluding carboxylic acids is 1. The highest BCUT2D eigenvalue weighted by Crippen LogP contribution is 2.15. The van der Waals surface area contributed by atoms with Crippen LogP contribution < -0.4 is 0 Å². The number of aromatic carboxylic acids is 1. The average molecular weight is 265 g/mol. The maximum absolute atomic E-state index is 13.4. The fourth-order valence-corrected chi connectivity index (χ4v) is 1.66. The minimum atomic E-state index is -1.19. The lowest BCUT2D eigenvalue weighted by Crippen LogP contribution is -2.07. The molecule has 0 radical (unpaired) electrons. The summed E-state index contributed by atoms with van der Waals surface area (Å²) in [5.74, 6) is -4.06. The van der Waals surface area contributed by atoms with Crippen molar-refractivity contribution in [1.29, 1.82) is 0 Å². The van der Waals surface area contributed by atoms with Gasteiger partial charge in [0.05, 0.1) is 5.56 Å². The lowest BCUT2D eigenvalue weighted by Gasteiger charge is -2.01. The Labute approximate surface area is 106 Å². The normalized spacial score (nSPS) is 10.4. The zero-order chi connectivity index (χ0) is 14.0. The first-order valence-electron chi connectivity index (χ1n) is 5.37. The molecule has 0 unspecified atom stereocenters. The van der Waals surface area contributed by atoms with E-state index in [1.165, 1.54) is 24.4 Å². The number of aromatic amines is 1. The number of benzene rings is 1. The molecule has 2 N–H and O–H groups in total. The molecule has 0 saturated carbocycles. The number of Topliss-reactive ketones (excluding diaryl/α,β-unsaturated/α-hetero) is 1. The molecule has 6 heteroatoms. The number of carboxylic acids is 1. The van der Waals surface area contributed by atoms with E-state index in [0.29, 0.717) is 5.56 Å². The van der Waals surface area contributed by atoms with Crippen LogP contribution in [0.5, 0.6) is 0 Å². The molecule has 19 heavy (non-hydrogen) atoms. The minimum absolute atomic E-state index is 0.0671. The van der Waals surface area contributed by atoms with Crippen LogP contribution in [0.1, 0.15) is 26.4 Å². The Kier molecular flexibility index (Phi) is 3.41. The van der Waals surface area contributed by atoms with Crippen molar-refractivity contribution in [1.82, 2.24) is 4.98 Å². The van der Waals surface area contributed by atoms with Gasteiger partial charge in [-0.1, -0.05) is 6.07 Å². The molecule has 0 saturated heterocycles. The summed E-state index contributed by atoms with van der Waals surface area (Å²) in [5.41, 5.74) is -0.0216. The summed E-state index contributed by atoms with van der Waals surface area (Å²) in [6.07, 6.45) is 1.14. The molecule has 2 rings (SSSR count). The van der Waals surface area contributed by atoms with E-state index in [4.69, 9.17) is 5.11 Å². The second-order valence-corrected chi connectivity index (χ2v) is 3.93. The van der Waals surface area contributed by atoms with Gasteiger partial charge in [0.2, 0.25) is 0 Å². The number of ketones is 1. The zero-order valence-corrected chi connectivity index (χ0v) is 9.61. The third-order valence-electron chi connectivity index (χ3n) is 2.59. The smallest absolute Gasteiger partial charge is 0.352 e. The van der Waals surface area contributed by atoms with E-state index < -0.39 is 23.4 Å². The summed E-state index contributed by atoms with van der Waals surface area (Å²) in [6.45, 7) is 0. The molecular formula is C13H9F2NO3. The Morgan fingerprint density at radius 3 is 2.63 bits per heavy atom. The fourth-order valence-electron chi connectivity index (χ4n) is 1.66. The maximum Gasteiger partial charge on any atom is 0.352 e. The van der Waals surface area contributed by atoms with Gasteiger partial charge in [0.1, 0.15) is 5.69 Å². The molecule has 0 atom stereocenters. The highest BCUT2D eigenvalue weighted by molar-refractivity contribution is 5.98. The minimum Gasteiger partial charge on any atom is -0.477 e. The molecule has 1 heterocycles. The molecule has 4 nitrogen and oxygen atoms in total. The monoisotopic (exact) mass is 265 g/mol. The van der Waals surface area contributed by atoms with Crippen LogP contribution in [-0.4, -0.2) is 21.8 Å². The Hall–Kier alpha value is -2.50. The molecule has 0 aliphatic carbocycles. The van der Waals surface area contributed by atoms with Crippen LogP contribution in [0.2, 0.25) is 0 Å². The summed E-state index contributed by atoms with van der Waals surface area (Å²) in [7, 11) is 0. The van der Waals surface area contributed by atoms with E-state index in [1.54, 1.807) is 0 Å². The number of nitrogens with one attached hydrogen (secondary N) is 1. The molecule has 0 spiro atoms. The molecular weight excluding hydrogens is 256 g/mol. The van der Waals surface area contributed by atoms with E-state index in [9.17, 15) is 18.4 Å². The van der Waals surface area contributed by atoms with Crippen molar-refractivity contribution < 1.29 is 23.5 Å². The third kappa shape index (κ3) is 2.67. The number of carbonyl (C=O) groups is 2. The summed E-state index contributed by atoms with van der Waals surface area (Å²) in [5, 5.41) is 8.70. The van der Waals surface area contributed by atoms with Crippen molar-refractivity contribution in [3.8, 4) is 0 Å². The van der Waals surface area contributed by atoms with Gasteiger partial charge in [0.25, 0.3) is 0 Å².